The zero-order chi connectivity index (χ0) is 35.2. The molecule has 0 fully saturated rings. The second kappa shape index (κ2) is 12.6. The first-order chi connectivity index (χ1) is 26.3. The zero-order valence-corrected chi connectivity index (χ0v) is 28.8. The molecule has 1 aliphatic rings. The Kier molecular flexibility index (Phi) is 7.33. The smallest absolute Gasteiger partial charge is 0.182 e. The van der Waals surface area contributed by atoms with Crippen LogP contribution >= 0.6 is 0 Å². The maximum absolute atomic E-state index is 5.35. The lowest BCUT2D eigenvalue weighted by Crippen LogP contribution is -2.34. The molecule has 53 heavy (non-hydrogen) atoms. The van der Waals surface area contributed by atoms with Crippen molar-refractivity contribution in [3.8, 4) is 56.5 Å². The highest BCUT2D eigenvalue weighted by atomic mass is 15.0. The van der Waals surface area contributed by atoms with Crippen molar-refractivity contribution in [3.05, 3.63) is 216 Å². The molecule has 9 aromatic rings. The van der Waals surface area contributed by atoms with Gasteiger partial charge in [0.15, 0.2) is 17.5 Å². The predicted octanol–water partition coefficient (Wildman–Crippen LogP) is 11.5. The largest absolute Gasteiger partial charge is 0.244 e. The van der Waals surface area contributed by atoms with Crippen LogP contribution in [0.5, 0.6) is 0 Å². The van der Waals surface area contributed by atoms with Gasteiger partial charge in [0.25, 0.3) is 0 Å². The molecule has 10 rings (SSSR count). The molecule has 248 valence electrons. The molecule has 2 heterocycles. The number of hydrogen-bond donors (Lipinski definition) is 0. The maximum Gasteiger partial charge on any atom is 0.182 e. The van der Waals surface area contributed by atoms with Crippen LogP contribution in [0, 0.1) is 0 Å². The molecule has 0 N–H and O–H groups in total. The summed E-state index contributed by atoms with van der Waals surface area (Å²) in [6.07, 6.45) is 0. The summed E-state index contributed by atoms with van der Waals surface area (Å²) in [6.45, 7) is 0. The minimum atomic E-state index is -0.540. The highest BCUT2D eigenvalue weighted by Crippen LogP contribution is 2.55. The Morgan fingerprint density at radius 1 is 0.321 bits per heavy atom. The van der Waals surface area contributed by atoms with E-state index in [2.05, 4.69) is 158 Å². The van der Waals surface area contributed by atoms with Crippen molar-refractivity contribution in [3.63, 3.8) is 0 Å². The molecule has 7 aromatic carbocycles. The van der Waals surface area contributed by atoms with Crippen LogP contribution in [0.3, 0.4) is 0 Å². The van der Waals surface area contributed by atoms with Gasteiger partial charge in [0.1, 0.15) is 5.69 Å². The Morgan fingerprint density at radius 2 is 0.792 bits per heavy atom. The van der Waals surface area contributed by atoms with Gasteiger partial charge in [-0.15, -0.1) is 0 Å². The molecule has 0 atom stereocenters. The van der Waals surface area contributed by atoms with Crippen LogP contribution in [0.4, 0.5) is 0 Å². The highest BCUT2D eigenvalue weighted by Gasteiger charge is 2.44. The van der Waals surface area contributed by atoms with Crippen LogP contribution in [-0.2, 0) is 5.41 Å². The SMILES string of the molecule is c1ccc(-c2ccc(-c3nc(-c4ccccc4)nc(-c4cc5c6c(cccc6n4)C(c4ccccc4)(c4ccccc4)c4ccccc4-5)n3)cc2)cc1. The Balaban J connectivity index is 1.21. The molecule has 4 nitrogen and oxygen atoms in total. The van der Waals surface area contributed by atoms with Gasteiger partial charge in [-0.05, 0) is 56.6 Å². The third kappa shape index (κ3) is 5.07. The quantitative estimate of drug-likeness (QED) is 0.176. The number of rotatable bonds is 6. The molecule has 0 saturated carbocycles. The van der Waals surface area contributed by atoms with Crippen LogP contribution in [-0.4, -0.2) is 19.9 Å². The maximum atomic E-state index is 5.35. The molecule has 0 spiro atoms. The number of hydrogen-bond acceptors (Lipinski definition) is 4. The molecule has 0 unspecified atom stereocenters. The molecule has 1 aliphatic carbocycles. The zero-order valence-electron chi connectivity index (χ0n) is 28.8. The van der Waals surface area contributed by atoms with Crippen molar-refractivity contribution in [2.45, 2.75) is 5.41 Å². The van der Waals surface area contributed by atoms with Gasteiger partial charge in [-0.2, -0.15) is 0 Å². The van der Waals surface area contributed by atoms with E-state index in [9.17, 15) is 0 Å². The Hall–Kier alpha value is -7.04. The predicted molar refractivity (Wildman–Crippen MR) is 214 cm³/mol. The van der Waals surface area contributed by atoms with E-state index in [0.29, 0.717) is 23.2 Å². The van der Waals surface area contributed by atoms with Gasteiger partial charge < -0.3 is 0 Å². The summed E-state index contributed by atoms with van der Waals surface area (Å²) in [5.41, 5.74) is 12.4. The molecular weight excluding hydrogens is 645 g/mol. The van der Waals surface area contributed by atoms with Crippen molar-refractivity contribution >= 4 is 10.9 Å². The molecule has 0 radical (unpaired) electrons. The van der Waals surface area contributed by atoms with E-state index in [-0.39, 0.29) is 0 Å². The minimum Gasteiger partial charge on any atom is -0.244 e. The van der Waals surface area contributed by atoms with E-state index in [1.54, 1.807) is 0 Å². The second-order valence-corrected chi connectivity index (χ2v) is 13.4. The number of pyridine rings is 1. The summed E-state index contributed by atoms with van der Waals surface area (Å²) in [7, 11) is 0. The summed E-state index contributed by atoms with van der Waals surface area (Å²) < 4.78 is 0. The summed E-state index contributed by atoms with van der Waals surface area (Å²) in [4.78, 5) is 20.6. The molecule has 2 aromatic heterocycles. The van der Waals surface area contributed by atoms with Crippen molar-refractivity contribution in [1.29, 1.82) is 0 Å². The number of aromatic nitrogens is 4. The lowest BCUT2D eigenvalue weighted by molar-refractivity contribution is 0.749. The molecule has 0 aliphatic heterocycles. The lowest BCUT2D eigenvalue weighted by atomic mass is 9.60. The summed E-state index contributed by atoms with van der Waals surface area (Å²) >= 11 is 0. The van der Waals surface area contributed by atoms with Crippen molar-refractivity contribution in [2.75, 3.05) is 0 Å². The molecule has 4 heteroatoms. The summed E-state index contributed by atoms with van der Waals surface area (Å²) in [5, 5.41) is 1.14. The van der Waals surface area contributed by atoms with E-state index in [1.807, 2.05) is 36.4 Å². The Morgan fingerprint density at radius 3 is 1.43 bits per heavy atom. The van der Waals surface area contributed by atoms with E-state index < -0.39 is 5.41 Å². The fraction of sp³-hybridized carbons (Fsp3) is 0.0204. The second-order valence-electron chi connectivity index (χ2n) is 13.4. The van der Waals surface area contributed by atoms with Gasteiger partial charge in [0.05, 0.1) is 10.9 Å². The van der Waals surface area contributed by atoms with Gasteiger partial charge in [-0.3, -0.25) is 0 Å². The van der Waals surface area contributed by atoms with Crippen LogP contribution in [0.15, 0.2) is 194 Å². The van der Waals surface area contributed by atoms with E-state index >= 15 is 0 Å². The van der Waals surface area contributed by atoms with Crippen molar-refractivity contribution in [1.82, 2.24) is 19.9 Å². The standard InChI is InChI=1S/C49H32N4/c1-5-16-33(17-6-1)34-28-30-36(31-29-34)47-51-46(35-18-7-2-8-19-35)52-48(53-47)44-32-40-39-24-13-14-25-41(39)49(37-20-9-3-10-21-37,38-22-11-4-12-23-38)42-26-15-27-43(50-44)45(40)42/h1-32H. The lowest BCUT2D eigenvalue weighted by Gasteiger charge is -2.42. The fourth-order valence-corrected chi connectivity index (χ4v) is 8.06. The third-order valence-electron chi connectivity index (χ3n) is 10.4. The Bertz CT molecular complexity index is 2710. The molecule has 0 saturated heterocycles. The fourth-order valence-electron chi connectivity index (χ4n) is 8.06. The van der Waals surface area contributed by atoms with Crippen molar-refractivity contribution in [2.24, 2.45) is 0 Å². The van der Waals surface area contributed by atoms with Crippen LogP contribution < -0.4 is 0 Å². The van der Waals surface area contributed by atoms with E-state index in [0.717, 1.165) is 38.7 Å². The highest BCUT2D eigenvalue weighted by molar-refractivity contribution is 6.04. The van der Waals surface area contributed by atoms with Gasteiger partial charge in [-0.1, -0.05) is 182 Å². The van der Waals surface area contributed by atoms with Crippen LogP contribution in [0.2, 0.25) is 0 Å². The van der Waals surface area contributed by atoms with Gasteiger partial charge in [0, 0.05) is 16.5 Å². The normalized spacial score (nSPS) is 12.7. The average Bonchev–Trinajstić information content (AvgIpc) is 3.25. The first kappa shape index (κ1) is 30.8. The van der Waals surface area contributed by atoms with Gasteiger partial charge in [0.2, 0.25) is 0 Å². The topological polar surface area (TPSA) is 51.6 Å². The van der Waals surface area contributed by atoms with E-state index in [1.165, 1.54) is 27.8 Å². The number of benzene rings is 7. The van der Waals surface area contributed by atoms with Gasteiger partial charge >= 0.3 is 0 Å². The number of fused-ring (bicyclic) bond motifs is 2. The molecule has 0 bridgehead atoms. The van der Waals surface area contributed by atoms with Crippen LogP contribution in [0.1, 0.15) is 22.3 Å². The summed E-state index contributed by atoms with van der Waals surface area (Å²) in [6, 6.07) is 68.1. The molecular formula is C49H32N4. The summed E-state index contributed by atoms with van der Waals surface area (Å²) in [5.74, 6) is 1.74. The Labute approximate surface area is 308 Å². The van der Waals surface area contributed by atoms with E-state index in [4.69, 9.17) is 19.9 Å². The molecule has 0 amide bonds. The number of nitrogens with zero attached hydrogens (tertiary/aromatic N) is 4. The van der Waals surface area contributed by atoms with Crippen LogP contribution in [0.25, 0.3) is 67.5 Å². The average molecular weight is 677 g/mol. The first-order valence-corrected chi connectivity index (χ1v) is 17.9. The van der Waals surface area contributed by atoms with Crippen molar-refractivity contribution < 1.29 is 0 Å². The van der Waals surface area contributed by atoms with Gasteiger partial charge in [-0.25, -0.2) is 19.9 Å². The first-order valence-electron chi connectivity index (χ1n) is 17.9. The monoisotopic (exact) mass is 676 g/mol. The minimum absolute atomic E-state index is 0.532. The third-order valence-corrected chi connectivity index (χ3v) is 10.4.